The second kappa shape index (κ2) is 4.88. The van der Waals surface area contributed by atoms with Crippen LogP contribution in [0.5, 0.6) is 0 Å². The molecule has 4 aromatic rings. The number of rotatable bonds is 1. The van der Waals surface area contributed by atoms with Gasteiger partial charge in [-0.25, -0.2) is 4.98 Å². The van der Waals surface area contributed by atoms with Crippen molar-refractivity contribution in [2.24, 2.45) is 0 Å². The van der Waals surface area contributed by atoms with Gasteiger partial charge in [0.15, 0.2) is 0 Å². The van der Waals surface area contributed by atoms with Crippen LogP contribution >= 0.6 is 0 Å². The van der Waals surface area contributed by atoms with Crippen molar-refractivity contribution in [1.82, 2.24) is 9.97 Å². The van der Waals surface area contributed by atoms with Gasteiger partial charge in [0.1, 0.15) is 0 Å². The molecule has 2 heteroatoms. The maximum Gasteiger partial charge on any atom is 0.0745 e. The monoisotopic (exact) mass is 296 g/mol. The van der Waals surface area contributed by atoms with Crippen molar-refractivity contribution in [3.63, 3.8) is 0 Å². The molecule has 1 aliphatic rings. The summed E-state index contributed by atoms with van der Waals surface area (Å²) in [6, 6.07) is 17.1. The van der Waals surface area contributed by atoms with Crippen molar-refractivity contribution < 1.29 is 0 Å². The fourth-order valence-electron chi connectivity index (χ4n) is 3.89. The van der Waals surface area contributed by atoms with Crippen molar-refractivity contribution >= 4 is 21.7 Å². The van der Waals surface area contributed by atoms with E-state index >= 15 is 0 Å². The van der Waals surface area contributed by atoms with Gasteiger partial charge in [-0.15, -0.1) is 0 Å². The minimum atomic E-state index is 1.11. The lowest BCUT2D eigenvalue weighted by Crippen LogP contribution is -1.96. The van der Waals surface area contributed by atoms with Gasteiger partial charge in [-0.3, -0.25) is 4.98 Å². The Morgan fingerprint density at radius 2 is 1.61 bits per heavy atom. The number of aromatic nitrogens is 2. The zero-order chi connectivity index (χ0) is 15.2. The molecule has 0 spiro atoms. The van der Waals surface area contributed by atoms with Gasteiger partial charge in [0.2, 0.25) is 0 Å². The van der Waals surface area contributed by atoms with Crippen LogP contribution in [-0.4, -0.2) is 9.97 Å². The summed E-state index contributed by atoms with van der Waals surface area (Å²) < 4.78 is 0. The Balaban J connectivity index is 1.93. The molecule has 0 saturated carbocycles. The summed E-state index contributed by atoms with van der Waals surface area (Å²) in [5, 5.41) is 3.98. The third kappa shape index (κ3) is 1.88. The number of nitrogens with zero attached hydrogens (tertiary/aromatic N) is 2. The Labute approximate surface area is 134 Å². The number of pyridine rings is 2. The van der Waals surface area contributed by atoms with Crippen LogP contribution in [0.2, 0.25) is 0 Å². The Bertz CT molecular complexity index is 1040. The molecule has 0 bridgehead atoms. The predicted molar refractivity (Wildman–Crippen MR) is 94.5 cm³/mol. The van der Waals surface area contributed by atoms with E-state index < -0.39 is 0 Å². The van der Waals surface area contributed by atoms with E-state index in [1.54, 1.807) is 0 Å². The first kappa shape index (κ1) is 12.8. The van der Waals surface area contributed by atoms with E-state index in [1.807, 2.05) is 12.4 Å². The highest BCUT2D eigenvalue weighted by atomic mass is 14.7. The molecule has 0 amide bonds. The lowest BCUT2D eigenvalue weighted by atomic mass is 9.95. The van der Waals surface area contributed by atoms with Gasteiger partial charge >= 0.3 is 0 Å². The summed E-state index contributed by atoms with van der Waals surface area (Å²) in [6.07, 6.45) is 7.20. The van der Waals surface area contributed by atoms with E-state index in [9.17, 15) is 0 Å². The van der Waals surface area contributed by atoms with Crippen molar-refractivity contribution in [3.05, 3.63) is 72.1 Å². The maximum atomic E-state index is 5.04. The summed E-state index contributed by atoms with van der Waals surface area (Å²) in [5.41, 5.74) is 6.35. The average molecular weight is 296 g/mol. The average Bonchev–Trinajstić information content (AvgIpc) is 3.11. The van der Waals surface area contributed by atoms with Crippen molar-refractivity contribution in [2.45, 2.75) is 19.3 Å². The Hall–Kier alpha value is -2.74. The van der Waals surface area contributed by atoms with Gasteiger partial charge in [0, 0.05) is 23.3 Å². The van der Waals surface area contributed by atoms with Crippen LogP contribution in [-0.2, 0) is 12.8 Å². The quantitative estimate of drug-likeness (QED) is 0.465. The van der Waals surface area contributed by atoms with Crippen LogP contribution in [0.25, 0.3) is 32.9 Å². The molecule has 23 heavy (non-hydrogen) atoms. The van der Waals surface area contributed by atoms with E-state index in [0.717, 1.165) is 24.1 Å². The van der Waals surface area contributed by atoms with Crippen LogP contribution in [0, 0.1) is 0 Å². The first-order valence-corrected chi connectivity index (χ1v) is 8.15. The molecular formula is C21H16N2. The summed E-state index contributed by atoms with van der Waals surface area (Å²) in [6.45, 7) is 0. The van der Waals surface area contributed by atoms with Gasteiger partial charge in [0.25, 0.3) is 0 Å². The molecule has 2 aromatic heterocycles. The number of hydrogen-bond acceptors (Lipinski definition) is 2. The van der Waals surface area contributed by atoms with E-state index in [-0.39, 0.29) is 0 Å². The zero-order valence-corrected chi connectivity index (χ0v) is 12.8. The molecule has 0 unspecified atom stereocenters. The van der Waals surface area contributed by atoms with E-state index in [2.05, 4.69) is 53.5 Å². The molecule has 0 saturated heterocycles. The first-order chi connectivity index (χ1) is 11.4. The van der Waals surface area contributed by atoms with Gasteiger partial charge in [-0.2, -0.15) is 0 Å². The molecule has 0 atom stereocenters. The SMILES string of the molecule is c1ccc2c(c1)ccc1nc(-c3ccncc3)c3c(c12)CCC3. The van der Waals surface area contributed by atoms with Crippen LogP contribution < -0.4 is 0 Å². The third-order valence-corrected chi connectivity index (χ3v) is 4.90. The third-order valence-electron chi connectivity index (χ3n) is 4.90. The second-order valence-electron chi connectivity index (χ2n) is 6.19. The van der Waals surface area contributed by atoms with Crippen LogP contribution in [0.1, 0.15) is 17.5 Å². The van der Waals surface area contributed by atoms with Gasteiger partial charge in [-0.05, 0) is 59.4 Å². The number of fused-ring (bicyclic) bond motifs is 5. The van der Waals surface area contributed by atoms with Crippen LogP contribution in [0.3, 0.4) is 0 Å². The van der Waals surface area contributed by atoms with Gasteiger partial charge < -0.3 is 0 Å². The zero-order valence-electron chi connectivity index (χ0n) is 12.8. The summed E-state index contributed by atoms with van der Waals surface area (Å²) in [5.74, 6) is 0. The second-order valence-corrected chi connectivity index (χ2v) is 6.19. The normalized spacial score (nSPS) is 13.6. The highest BCUT2D eigenvalue weighted by Crippen LogP contribution is 2.38. The fraction of sp³-hybridized carbons (Fsp3) is 0.143. The van der Waals surface area contributed by atoms with Crippen molar-refractivity contribution in [2.75, 3.05) is 0 Å². The Morgan fingerprint density at radius 1 is 0.783 bits per heavy atom. The van der Waals surface area contributed by atoms with Gasteiger partial charge in [-0.1, -0.05) is 30.3 Å². The summed E-state index contributed by atoms with van der Waals surface area (Å²) in [4.78, 5) is 9.18. The lowest BCUT2D eigenvalue weighted by Gasteiger charge is -2.13. The minimum Gasteiger partial charge on any atom is -0.265 e. The van der Waals surface area contributed by atoms with Gasteiger partial charge in [0.05, 0.1) is 11.2 Å². The number of hydrogen-bond donors (Lipinski definition) is 0. The molecule has 1 aliphatic carbocycles. The van der Waals surface area contributed by atoms with E-state index in [0.29, 0.717) is 0 Å². The standard InChI is InChI=1S/C21H16N2/c1-2-5-16-14(4-1)8-9-19-20(16)17-6-3-7-18(17)21(23-19)15-10-12-22-13-11-15/h1-2,4-5,8-13H,3,6-7H2. The number of aryl methyl sites for hydroxylation is 1. The van der Waals surface area contributed by atoms with Crippen molar-refractivity contribution in [3.8, 4) is 11.3 Å². The predicted octanol–water partition coefficient (Wildman–Crippen LogP) is 4.94. The number of benzene rings is 2. The molecule has 0 fully saturated rings. The largest absolute Gasteiger partial charge is 0.265 e. The molecule has 0 N–H and O–H groups in total. The Kier molecular flexibility index (Phi) is 2.71. The van der Waals surface area contributed by atoms with Crippen molar-refractivity contribution in [1.29, 1.82) is 0 Å². The fourth-order valence-corrected chi connectivity index (χ4v) is 3.89. The summed E-state index contributed by atoms with van der Waals surface area (Å²) >= 11 is 0. The molecule has 0 radical (unpaired) electrons. The van der Waals surface area contributed by atoms with Crippen LogP contribution in [0.4, 0.5) is 0 Å². The molecule has 2 nitrogen and oxygen atoms in total. The first-order valence-electron chi connectivity index (χ1n) is 8.15. The highest BCUT2D eigenvalue weighted by Gasteiger charge is 2.21. The molecule has 110 valence electrons. The molecule has 2 aromatic carbocycles. The Morgan fingerprint density at radius 3 is 2.52 bits per heavy atom. The smallest absolute Gasteiger partial charge is 0.0745 e. The molecular weight excluding hydrogens is 280 g/mol. The molecule has 5 rings (SSSR count). The molecule has 0 aliphatic heterocycles. The topological polar surface area (TPSA) is 25.8 Å². The van der Waals surface area contributed by atoms with Crippen LogP contribution in [0.15, 0.2) is 60.9 Å². The summed E-state index contributed by atoms with van der Waals surface area (Å²) in [7, 11) is 0. The minimum absolute atomic E-state index is 1.11. The van der Waals surface area contributed by atoms with E-state index in [1.165, 1.54) is 39.3 Å². The van der Waals surface area contributed by atoms with E-state index in [4.69, 9.17) is 4.98 Å². The maximum absolute atomic E-state index is 5.04. The molecule has 2 heterocycles. The lowest BCUT2D eigenvalue weighted by molar-refractivity contribution is 0.913. The highest BCUT2D eigenvalue weighted by molar-refractivity contribution is 6.09.